The molecule has 0 saturated heterocycles. The Morgan fingerprint density at radius 2 is 2.21 bits per heavy atom. The topological polar surface area (TPSA) is 87.3 Å². The van der Waals surface area contributed by atoms with Gasteiger partial charge in [-0.1, -0.05) is 0 Å². The van der Waals surface area contributed by atoms with E-state index in [1.807, 2.05) is 0 Å². The summed E-state index contributed by atoms with van der Waals surface area (Å²) in [7, 11) is 1.76. The number of carbonyl (C=O) groups is 1. The molecule has 0 bridgehead atoms. The zero-order valence-electron chi connectivity index (χ0n) is 12.8. The van der Waals surface area contributed by atoms with Gasteiger partial charge in [0.05, 0.1) is 16.4 Å². The van der Waals surface area contributed by atoms with Gasteiger partial charge in [0.15, 0.2) is 5.69 Å². The first-order chi connectivity index (χ1) is 11.4. The number of hydrogen-bond donors (Lipinski definition) is 0. The van der Waals surface area contributed by atoms with E-state index < -0.39 is 10.9 Å². The van der Waals surface area contributed by atoms with Gasteiger partial charge in [0.25, 0.3) is 5.69 Å². The lowest BCUT2D eigenvalue weighted by Crippen LogP contribution is -2.09. The lowest BCUT2D eigenvalue weighted by Gasteiger charge is -2.03. The fourth-order valence-corrected chi connectivity index (χ4v) is 3.83. The van der Waals surface area contributed by atoms with Crippen LogP contribution in [-0.4, -0.2) is 27.1 Å². The van der Waals surface area contributed by atoms with Gasteiger partial charge in [-0.05, 0) is 35.0 Å². The van der Waals surface area contributed by atoms with Crippen molar-refractivity contribution in [1.29, 1.82) is 0 Å². The molecule has 7 nitrogen and oxygen atoms in total. The summed E-state index contributed by atoms with van der Waals surface area (Å²) < 4.78 is 7.30. The summed E-state index contributed by atoms with van der Waals surface area (Å²) in [6.45, 7) is 2.05. The lowest BCUT2D eigenvalue weighted by atomic mass is 10.2. The number of rotatable bonds is 4. The maximum atomic E-state index is 11.9. The van der Waals surface area contributed by atoms with E-state index in [-0.39, 0.29) is 5.69 Å². The van der Waals surface area contributed by atoms with Gasteiger partial charge in [-0.15, -0.1) is 11.3 Å². The van der Waals surface area contributed by atoms with Gasteiger partial charge in [-0.2, -0.15) is 0 Å². The number of aromatic nitrogens is 2. The number of thiophene rings is 1. The van der Waals surface area contributed by atoms with Crippen LogP contribution < -0.4 is 0 Å². The van der Waals surface area contributed by atoms with E-state index in [1.165, 1.54) is 23.6 Å². The number of hydrogen-bond acceptors (Lipinski definition) is 6. The molecule has 0 aliphatic rings. The summed E-state index contributed by atoms with van der Waals surface area (Å²) in [6.07, 6.45) is 1.52. The van der Waals surface area contributed by atoms with Gasteiger partial charge in [0.1, 0.15) is 10.5 Å². The van der Waals surface area contributed by atoms with Crippen LogP contribution in [0.3, 0.4) is 0 Å². The quantitative estimate of drug-likeness (QED) is 0.366. The van der Waals surface area contributed by atoms with E-state index in [2.05, 4.69) is 20.9 Å². The standard InChI is InChI=1S/C15H12BrN3O4S/c1-3-23-15(20)11-4-8-5-12(24-14(8)18(11)2)13-10(19(21)22)6-9(16)7-17-13/h4-7H,3H2,1-2H3. The molecule has 3 heterocycles. The van der Waals surface area contributed by atoms with Crippen LogP contribution in [0.5, 0.6) is 0 Å². The van der Waals surface area contributed by atoms with E-state index >= 15 is 0 Å². The van der Waals surface area contributed by atoms with Crippen LogP contribution in [0.4, 0.5) is 5.69 Å². The van der Waals surface area contributed by atoms with Crippen molar-refractivity contribution in [2.75, 3.05) is 6.61 Å². The molecule has 0 atom stereocenters. The van der Waals surface area contributed by atoms with Crippen LogP contribution in [0.25, 0.3) is 20.8 Å². The molecular formula is C15H12BrN3O4S. The second kappa shape index (κ2) is 6.33. The Balaban J connectivity index is 2.10. The second-order valence-electron chi connectivity index (χ2n) is 4.96. The maximum Gasteiger partial charge on any atom is 0.354 e. The van der Waals surface area contributed by atoms with E-state index in [4.69, 9.17) is 4.74 Å². The summed E-state index contributed by atoms with van der Waals surface area (Å²) >= 11 is 4.54. The zero-order chi connectivity index (χ0) is 17.4. The predicted molar refractivity (Wildman–Crippen MR) is 94.3 cm³/mol. The Bertz CT molecular complexity index is 963. The predicted octanol–water partition coefficient (Wildman–Crippen LogP) is 4.15. The number of pyridine rings is 1. The molecule has 0 aromatic carbocycles. The number of nitro groups is 1. The molecule has 3 aromatic rings. The summed E-state index contributed by atoms with van der Waals surface area (Å²) in [5.74, 6) is -0.391. The molecule has 0 N–H and O–H groups in total. The first-order valence-corrected chi connectivity index (χ1v) is 8.60. The minimum absolute atomic E-state index is 0.0680. The molecule has 0 saturated carbocycles. The van der Waals surface area contributed by atoms with Crippen molar-refractivity contribution in [3.05, 3.63) is 44.7 Å². The summed E-state index contributed by atoms with van der Waals surface area (Å²) in [4.78, 5) is 28.4. The van der Waals surface area contributed by atoms with Gasteiger partial charge < -0.3 is 9.30 Å². The molecule has 0 unspecified atom stereocenters. The Morgan fingerprint density at radius 3 is 2.83 bits per heavy atom. The van der Waals surface area contributed by atoms with Crippen LogP contribution in [0.15, 0.2) is 28.9 Å². The highest BCUT2D eigenvalue weighted by Gasteiger charge is 2.22. The number of fused-ring (bicyclic) bond motifs is 1. The highest BCUT2D eigenvalue weighted by atomic mass is 79.9. The molecule has 9 heteroatoms. The smallest absolute Gasteiger partial charge is 0.354 e. The SMILES string of the molecule is CCOC(=O)c1cc2cc(-c3ncc(Br)cc3[N+](=O)[O-])sc2n1C. The fraction of sp³-hybridized carbons (Fsp3) is 0.200. The van der Waals surface area contributed by atoms with E-state index in [0.29, 0.717) is 27.3 Å². The van der Waals surface area contributed by atoms with Crippen molar-refractivity contribution in [2.24, 2.45) is 7.05 Å². The van der Waals surface area contributed by atoms with E-state index in [9.17, 15) is 14.9 Å². The molecule has 3 aromatic heterocycles. The molecule has 24 heavy (non-hydrogen) atoms. The van der Waals surface area contributed by atoms with Crippen molar-refractivity contribution in [3.63, 3.8) is 0 Å². The van der Waals surface area contributed by atoms with Crippen molar-refractivity contribution in [2.45, 2.75) is 6.92 Å². The normalized spacial score (nSPS) is 11.0. The Morgan fingerprint density at radius 1 is 1.46 bits per heavy atom. The number of nitrogens with zero attached hydrogens (tertiary/aromatic N) is 3. The minimum atomic E-state index is -0.457. The summed E-state index contributed by atoms with van der Waals surface area (Å²) in [5, 5.41) is 12.1. The van der Waals surface area contributed by atoms with E-state index in [0.717, 1.165) is 10.2 Å². The van der Waals surface area contributed by atoms with Gasteiger partial charge in [-0.25, -0.2) is 9.78 Å². The molecule has 0 radical (unpaired) electrons. The third-order valence-electron chi connectivity index (χ3n) is 3.45. The molecule has 0 aliphatic carbocycles. The molecule has 3 rings (SSSR count). The minimum Gasteiger partial charge on any atom is -0.461 e. The first kappa shape index (κ1) is 16.6. The number of halogens is 1. The summed E-state index contributed by atoms with van der Waals surface area (Å²) in [5.41, 5.74) is 0.687. The average molecular weight is 410 g/mol. The number of carbonyl (C=O) groups excluding carboxylic acids is 1. The summed E-state index contributed by atoms with van der Waals surface area (Å²) in [6, 6.07) is 4.95. The molecule has 124 valence electrons. The number of esters is 1. The molecule has 0 amide bonds. The van der Waals surface area contributed by atoms with Gasteiger partial charge in [-0.3, -0.25) is 10.1 Å². The third kappa shape index (κ3) is 2.80. The largest absolute Gasteiger partial charge is 0.461 e. The molecule has 0 fully saturated rings. The van der Waals surface area contributed by atoms with Crippen molar-refractivity contribution in [1.82, 2.24) is 9.55 Å². The molecule has 0 spiro atoms. The lowest BCUT2D eigenvalue weighted by molar-refractivity contribution is -0.384. The fourth-order valence-electron chi connectivity index (χ4n) is 2.39. The van der Waals surface area contributed by atoms with Crippen LogP contribution in [0.2, 0.25) is 0 Å². The highest BCUT2D eigenvalue weighted by Crippen LogP contribution is 2.38. The van der Waals surface area contributed by atoms with Crippen LogP contribution in [0.1, 0.15) is 17.4 Å². The van der Waals surface area contributed by atoms with E-state index in [1.54, 1.807) is 30.7 Å². The zero-order valence-corrected chi connectivity index (χ0v) is 15.2. The monoisotopic (exact) mass is 409 g/mol. The van der Waals surface area contributed by atoms with Gasteiger partial charge in [0, 0.05) is 29.2 Å². The van der Waals surface area contributed by atoms with Gasteiger partial charge in [0.2, 0.25) is 0 Å². The van der Waals surface area contributed by atoms with Crippen molar-refractivity contribution < 1.29 is 14.5 Å². The van der Waals surface area contributed by atoms with Crippen LogP contribution >= 0.6 is 27.3 Å². The Kier molecular flexibility index (Phi) is 4.37. The average Bonchev–Trinajstić information content (AvgIpc) is 3.07. The maximum absolute atomic E-state index is 11.9. The van der Waals surface area contributed by atoms with Gasteiger partial charge >= 0.3 is 5.97 Å². The molecular weight excluding hydrogens is 398 g/mol. The van der Waals surface area contributed by atoms with Crippen molar-refractivity contribution in [3.8, 4) is 10.6 Å². The highest BCUT2D eigenvalue weighted by molar-refractivity contribution is 9.10. The third-order valence-corrected chi connectivity index (χ3v) is 5.11. The number of aryl methyl sites for hydroxylation is 1. The first-order valence-electron chi connectivity index (χ1n) is 6.99. The Hall–Kier alpha value is -2.26. The second-order valence-corrected chi connectivity index (χ2v) is 6.90. The van der Waals surface area contributed by atoms with Crippen LogP contribution in [0, 0.1) is 10.1 Å². The van der Waals surface area contributed by atoms with Crippen LogP contribution in [-0.2, 0) is 11.8 Å². The Labute approximate surface area is 149 Å². The van der Waals surface area contributed by atoms with Crippen molar-refractivity contribution >= 4 is 49.1 Å². The molecule has 0 aliphatic heterocycles. The number of ether oxygens (including phenoxy) is 1.